The van der Waals surface area contributed by atoms with Crippen LogP contribution in [0.3, 0.4) is 0 Å². The van der Waals surface area contributed by atoms with Crippen LogP contribution in [0.5, 0.6) is 5.75 Å². The predicted octanol–water partition coefficient (Wildman–Crippen LogP) is 6.54. The van der Waals surface area contributed by atoms with Crippen LogP contribution < -0.4 is 10.1 Å². The van der Waals surface area contributed by atoms with Gasteiger partial charge in [0.05, 0.1) is 0 Å². The van der Waals surface area contributed by atoms with Crippen LogP contribution in [-0.4, -0.2) is 35.4 Å². The molecule has 2 amide bonds. The summed E-state index contributed by atoms with van der Waals surface area (Å²) in [5, 5.41) is 4.30. The van der Waals surface area contributed by atoms with E-state index in [1.807, 2.05) is 70.2 Å². The summed E-state index contributed by atoms with van der Waals surface area (Å²) in [4.78, 5) is 28.8. The quantitative estimate of drug-likeness (QED) is 0.300. The van der Waals surface area contributed by atoms with Gasteiger partial charge in [-0.25, -0.2) is 0 Å². The second-order valence-electron chi connectivity index (χ2n) is 9.33. The van der Waals surface area contributed by atoms with Crippen molar-refractivity contribution in [2.45, 2.75) is 59.2 Å². The molecule has 0 heterocycles. The summed E-state index contributed by atoms with van der Waals surface area (Å²) in [6.45, 7) is 7.75. The van der Waals surface area contributed by atoms with E-state index in [2.05, 4.69) is 5.32 Å². The lowest BCUT2D eigenvalue weighted by atomic mass is 10.0. The molecule has 5 nitrogen and oxygen atoms in total. The van der Waals surface area contributed by atoms with E-state index in [-0.39, 0.29) is 31.0 Å². The molecule has 3 rings (SSSR count). The zero-order valence-electron chi connectivity index (χ0n) is 21.8. The van der Waals surface area contributed by atoms with Gasteiger partial charge in [0.2, 0.25) is 5.91 Å². The molecule has 0 aliphatic heterocycles. The molecule has 196 valence electrons. The minimum Gasteiger partial charge on any atom is -0.484 e. The number of nitrogens with zero attached hydrogens (tertiary/aromatic N) is 1. The Morgan fingerprint density at radius 2 is 1.59 bits per heavy atom. The van der Waals surface area contributed by atoms with E-state index in [1.54, 1.807) is 29.2 Å². The van der Waals surface area contributed by atoms with Crippen molar-refractivity contribution in [3.05, 3.63) is 99.0 Å². The Morgan fingerprint density at radius 1 is 0.946 bits per heavy atom. The third-order valence-corrected chi connectivity index (χ3v) is 7.12. The second kappa shape index (κ2) is 13.5. The Bertz CT molecular complexity index is 1190. The molecule has 0 bridgehead atoms. The van der Waals surface area contributed by atoms with Gasteiger partial charge in [0.25, 0.3) is 5.91 Å². The standard InChI is InChI=1S/C30H34Cl2N2O3/c1-5-22(4)33-30(36)27(17-23-10-7-6-8-11-23)34(18-24-12-9-13-25(31)16-24)28(35)19-37-26-14-20(2)29(32)21(3)15-26/h6-16,22,27H,5,17-19H2,1-4H3,(H,33,36)/t22-,27+/m1/s1. The number of halogens is 2. The van der Waals surface area contributed by atoms with E-state index >= 15 is 0 Å². The highest BCUT2D eigenvalue weighted by Gasteiger charge is 2.31. The highest BCUT2D eigenvalue weighted by Crippen LogP contribution is 2.26. The number of ether oxygens (including phenoxy) is 1. The van der Waals surface area contributed by atoms with Crippen molar-refractivity contribution in [3.8, 4) is 5.75 Å². The van der Waals surface area contributed by atoms with E-state index in [4.69, 9.17) is 27.9 Å². The zero-order chi connectivity index (χ0) is 26.9. The third-order valence-electron chi connectivity index (χ3n) is 6.29. The van der Waals surface area contributed by atoms with Crippen molar-refractivity contribution in [1.82, 2.24) is 10.2 Å². The summed E-state index contributed by atoms with van der Waals surface area (Å²) in [7, 11) is 0. The number of nitrogens with one attached hydrogen (secondary N) is 1. The summed E-state index contributed by atoms with van der Waals surface area (Å²) in [5.74, 6) is 0.0522. The fourth-order valence-corrected chi connectivity index (χ4v) is 4.37. The molecular weight excluding hydrogens is 507 g/mol. The number of carbonyl (C=O) groups is 2. The Labute approximate surface area is 229 Å². The van der Waals surface area contributed by atoms with Crippen molar-refractivity contribution in [2.24, 2.45) is 0 Å². The molecule has 7 heteroatoms. The fraction of sp³-hybridized carbons (Fsp3) is 0.333. The molecule has 2 atom stereocenters. The van der Waals surface area contributed by atoms with E-state index < -0.39 is 6.04 Å². The molecule has 0 aliphatic rings. The van der Waals surface area contributed by atoms with Gasteiger partial charge in [0.15, 0.2) is 6.61 Å². The molecule has 0 saturated heterocycles. The van der Waals surface area contributed by atoms with Crippen molar-refractivity contribution in [2.75, 3.05) is 6.61 Å². The van der Waals surface area contributed by atoms with Crippen LogP contribution in [-0.2, 0) is 22.6 Å². The van der Waals surface area contributed by atoms with Crippen LogP contribution in [0.25, 0.3) is 0 Å². The molecule has 3 aromatic carbocycles. The summed E-state index contributed by atoms with van der Waals surface area (Å²) >= 11 is 12.5. The lowest BCUT2D eigenvalue weighted by Crippen LogP contribution is -2.53. The van der Waals surface area contributed by atoms with Crippen molar-refractivity contribution >= 4 is 35.0 Å². The van der Waals surface area contributed by atoms with Crippen LogP contribution in [0.15, 0.2) is 66.7 Å². The number of benzene rings is 3. The maximum atomic E-state index is 13.7. The van der Waals surface area contributed by atoms with Crippen LogP contribution in [0, 0.1) is 13.8 Å². The number of aryl methyl sites for hydroxylation is 2. The van der Waals surface area contributed by atoms with Crippen molar-refractivity contribution in [1.29, 1.82) is 0 Å². The smallest absolute Gasteiger partial charge is 0.261 e. The average molecular weight is 542 g/mol. The van der Waals surface area contributed by atoms with E-state index in [0.717, 1.165) is 28.7 Å². The maximum absolute atomic E-state index is 13.7. The summed E-state index contributed by atoms with van der Waals surface area (Å²) in [6.07, 6.45) is 1.15. The molecule has 0 saturated carbocycles. The molecule has 37 heavy (non-hydrogen) atoms. The highest BCUT2D eigenvalue weighted by molar-refractivity contribution is 6.32. The molecule has 1 N–H and O–H groups in total. The first kappa shape index (κ1) is 28.5. The Morgan fingerprint density at radius 3 is 2.22 bits per heavy atom. The maximum Gasteiger partial charge on any atom is 0.261 e. The van der Waals surface area contributed by atoms with Gasteiger partial charge in [-0.15, -0.1) is 0 Å². The van der Waals surface area contributed by atoms with Gasteiger partial charge in [-0.2, -0.15) is 0 Å². The van der Waals surface area contributed by atoms with Crippen LogP contribution in [0.1, 0.15) is 42.5 Å². The monoisotopic (exact) mass is 540 g/mol. The topological polar surface area (TPSA) is 58.6 Å². The van der Waals surface area contributed by atoms with Crippen molar-refractivity contribution in [3.63, 3.8) is 0 Å². The average Bonchev–Trinajstić information content (AvgIpc) is 2.88. The van der Waals surface area contributed by atoms with Gasteiger partial charge in [0.1, 0.15) is 11.8 Å². The Hall–Kier alpha value is -3.02. The normalized spacial score (nSPS) is 12.5. The summed E-state index contributed by atoms with van der Waals surface area (Å²) in [6, 6.07) is 19.9. The minimum atomic E-state index is -0.736. The summed E-state index contributed by atoms with van der Waals surface area (Å²) in [5.41, 5.74) is 3.53. The lowest BCUT2D eigenvalue weighted by Gasteiger charge is -2.32. The molecule has 0 fully saturated rings. The molecule has 0 aromatic heterocycles. The molecule has 0 unspecified atom stereocenters. The fourth-order valence-electron chi connectivity index (χ4n) is 4.04. The zero-order valence-corrected chi connectivity index (χ0v) is 23.3. The number of amides is 2. The first-order chi connectivity index (χ1) is 17.7. The molecule has 0 spiro atoms. The van der Waals surface area contributed by atoms with E-state index in [9.17, 15) is 9.59 Å². The van der Waals surface area contributed by atoms with E-state index in [0.29, 0.717) is 22.2 Å². The first-order valence-electron chi connectivity index (χ1n) is 12.5. The largest absolute Gasteiger partial charge is 0.484 e. The predicted molar refractivity (Wildman–Crippen MR) is 150 cm³/mol. The van der Waals surface area contributed by atoms with E-state index in [1.165, 1.54) is 0 Å². The number of hydrogen-bond donors (Lipinski definition) is 1. The highest BCUT2D eigenvalue weighted by atomic mass is 35.5. The second-order valence-corrected chi connectivity index (χ2v) is 10.1. The number of carbonyl (C=O) groups excluding carboxylic acids is 2. The van der Waals surface area contributed by atoms with Gasteiger partial charge in [-0.1, -0.05) is 72.6 Å². The molecular formula is C30H34Cl2N2O3. The van der Waals surface area contributed by atoms with Gasteiger partial charge < -0.3 is 15.0 Å². The molecule has 0 radical (unpaired) electrons. The molecule has 3 aromatic rings. The van der Waals surface area contributed by atoms with Gasteiger partial charge >= 0.3 is 0 Å². The third kappa shape index (κ3) is 8.24. The lowest BCUT2D eigenvalue weighted by molar-refractivity contribution is -0.143. The van der Waals surface area contributed by atoms with Crippen LogP contribution >= 0.6 is 23.2 Å². The summed E-state index contributed by atoms with van der Waals surface area (Å²) < 4.78 is 5.90. The Balaban J connectivity index is 1.93. The first-order valence-corrected chi connectivity index (χ1v) is 13.2. The van der Waals surface area contributed by atoms with Gasteiger partial charge in [-0.3, -0.25) is 9.59 Å². The Kier molecular flexibility index (Phi) is 10.4. The van der Waals surface area contributed by atoms with Crippen LogP contribution in [0.4, 0.5) is 0 Å². The van der Waals surface area contributed by atoms with Crippen molar-refractivity contribution < 1.29 is 14.3 Å². The SMILES string of the molecule is CC[C@@H](C)NC(=O)[C@H](Cc1ccccc1)N(Cc1cccc(Cl)c1)C(=O)COc1cc(C)c(Cl)c(C)c1. The minimum absolute atomic E-state index is 0.0230. The molecule has 0 aliphatic carbocycles. The number of hydrogen-bond acceptors (Lipinski definition) is 3. The number of rotatable bonds is 11. The van der Waals surface area contributed by atoms with Crippen LogP contribution in [0.2, 0.25) is 10.0 Å². The van der Waals surface area contributed by atoms with Gasteiger partial charge in [-0.05, 0) is 73.7 Å². The van der Waals surface area contributed by atoms with Gasteiger partial charge in [0, 0.05) is 29.1 Å².